The molecule has 2 rings (SSSR count). The Hall–Kier alpha value is -2.83. The van der Waals surface area contributed by atoms with Crippen molar-refractivity contribution >= 4 is 12.1 Å². The second kappa shape index (κ2) is 10.8. The fourth-order valence-electron chi connectivity index (χ4n) is 2.97. The van der Waals surface area contributed by atoms with E-state index in [0.717, 1.165) is 23.4 Å². The van der Waals surface area contributed by atoms with Crippen LogP contribution in [0.5, 0.6) is 5.75 Å². The Morgan fingerprint density at radius 1 is 1.20 bits per heavy atom. The Labute approximate surface area is 175 Å². The number of halogens is 3. The molecule has 0 aliphatic heterocycles. The standard InChI is InChI=1S/C23H27F3N2O2/c1-4-5-21(22(29)28-13-12-17-8-6-16(2)7-9-17)30-19-11-10-18(15-27-3)20(14-19)23(24,25)26/h6-11,14-15,21H,4-5,12-13H2,1-3H3,(H,28,29). The van der Waals surface area contributed by atoms with Crippen molar-refractivity contribution in [1.29, 1.82) is 0 Å². The smallest absolute Gasteiger partial charge is 0.417 e. The van der Waals surface area contributed by atoms with E-state index in [1.54, 1.807) is 0 Å². The maximum Gasteiger partial charge on any atom is 0.417 e. The molecule has 0 radical (unpaired) electrons. The van der Waals surface area contributed by atoms with Crippen LogP contribution in [-0.2, 0) is 17.4 Å². The van der Waals surface area contributed by atoms with Crippen LogP contribution in [0, 0.1) is 6.92 Å². The highest BCUT2D eigenvalue weighted by Crippen LogP contribution is 2.34. The van der Waals surface area contributed by atoms with Gasteiger partial charge < -0.3 is 10.1 Å². The number of nitrogens with zero attached hydrogens (tertiary/aromatic N) is 1. The molecule has 162 valence electrons. The summed E-state index contributed by atoms with van der Waals surface area (Å²) in [6, 6.07) is 11.6. The minimum atomic E-state index is -4.55. The molecule has 0 aromatic heterocycles. The van der Waals surface area contributed by atoms with Crippen LogP contribution in [0.1, 0.15) is 42.0 Å². The highest BCUT2D eigenvalue weighted by molar-refractivity contribution is 5.83. The average Bonchev–Trinajstić information content (AvgIpc) is 2.69. The van der Waals surface area contributed by atoms with Crippen molar-refractivity contribution in [2.24, 2.45) is 4.99 Å². The van der Waals surface area contributed by atoms with Crippen molar-refractivity contribution in [3.05, 3.63) is 64.7 Å². The highest BCUT2D eigenvalue weighted by Gasteiger charge is 2.34. The molecule has 0 spiro atoms. The van der Waals surface area contributed by atoms with E-state index in [-0.39, 0.29) is 17.2 Å². The van der Waals surface area contributed by atoms with Gasteiger partial charge in [-0.2, -0.15) is 13.2 Å². The predicted octanol–water partition coefficient (Wildman–Crippen LogP) is 4.97. The third kappa shape index (κ3) is 6.90. The Morgan fingerprint density at radius 2 is 1.90 bits per heavy atom. The van der Waals surface area contributed by atoms with E-state index in [0.29, 0.717) is 25.8 Å². The number of benzene rings is 2. The number of hydrogen-bond acceptors (Lipinski definition) is 3. The van der Waals surface area contributed by atoms with E-state index in [9.17, 15) is 18.0 Å². The molecule has 0 saturated carbocycles. The molecule has 0 saturated heterocycles. The van der Waals surface area contributed by atoms with Crippen molar-refractivity contribution in [2.45, 2.75) is 45.4 Å². The van der Waals surface area contributed by atoms with E-state index in [1.165, 1.54) is 19.2 Å². The van der Waals surface area contributed by atoms with Gasteiger partial charge in [-0.05, 0) is 43.5 Å². The number of carbonyl (C=O) groups is 1. The van der Waals surface area contributed by atoms with Crippen molar-refractivity contribution in [1.82, 2.24) is 5.32 Å². The van der Waals surface area contributed by atoms with Crippen LogP contribution < -0.4 is 10.1 Å². The largest absolute Gasteiger partial charge is 0.481 e. The van der Waals surface area contributed by atoms with E-state index < -0.39 is 17.8 Å². The van der Waals surface area contributed by atoms with Gasteiger partial charge in [-0.15, -0.1) is 0 Å². The number of amides is 1. The fraction of sp³-hybridized carbons (Fsp3) is 0.391. The molecule has 4 nitrogen and oxygen atoms in total. The molecular weight excluding hydrogens is 393 g/mol. The molecule has 1 unspecified atom stereocenters. The minimum absolute atomic E-state index is 0.00251. The molecule has 2 aromatic carbocycles. The van der Waals surface area contributed by atoms with Crippen LogP contribution in [0.25, 0.3) is 0 Å². The molecule has 0 aliphatic rings. The molecule has 0 aliphatic carbocycles. The number of carbonyl (C=O) groups excluding carboxylic acids is 1. The van der Waals surface area contributed by atoms with Crippen LogP contribution in [0.15, 0.2) is 47.5 Å². The summed E-state index contributed by atoms with van der Waals surface area (Å²) in [5.41, 5.74) is 1.36. The van der Waals surface area contributed by atoms with Gasteiger partial charge in [0.05, 0.1) is 5.56 Å². The van der Waals surface area contributed by atoms with Crippen LogP contribution in [0.4, 0.5) is 13.2 Å². The second-order valence-electron chi connectivity index (χ2n) is 7.06. The maximum atomic E-state index is 13.4. The Morgan fingerprint density at radius 3 is 2.50 bits per heavy atom. The van der Waals surface area contributed by atoms with Crippen molar-refractivity contribution in [3.8, 4) is 5.75 Å². The predicted molar refractivity (Wildman–Crippen MR) is 112 cm³/mol. The molecule has 0 bridgehead atoms. The fourth-order valence-corrected chi connectivity index (χ4v) is 2.97. The third-order valence-corrected chi connectivity index (χ3v) is 4.55. The number of hydrogen-bond donors (Lipinski definition) is 1. The summed E-state index contributed by atoms with van der Waals surface area (Å²) < 4.78 is 45.7. The van der Waals surface area contributed by atoms with Gasteiger partial charge in [0.1, 0.15) is 5.75 Å². The summed E-state index contributed by atoms with van der Waals surface area (Å²) in [7, 11) is 1.41. The zero-order valence-electron chi connectivity index (χ0n) is 17.4. The first-order valence-corrected chi connectivity index (χ1v) is 9.88. The van der Waals surface area contributed by atoms with E-state index >= 15 is 0 Å². The van der Waals surface area contributed by atoms with Crippen LogP contribution in [0.2, 0.25) is 0 Å². The topological polar surface area (TPSA) is 50.7 Å². The lowest BCUT2D eigenvalue weighted by Gasteiger charge is -2.20. The van der Waals surface area contributed by atoms with E-state index in [4.69, 9.17) is 4.74 Å². The van der Waals surface area contributed by atoms with Gasteiger partial charge in [0.25, 0.3) is 5.91 Å². The Kier molecular flexibility index (Phi) is 8.45. The number of ether oxygens (including phenoxy) is 1. The molecule has 1 amide bonds. The molecule has 1 N–H and O–H groups in total. The molecule has 30 heavy (non-hydrogen) atoms. The lowest BCUT2D eigenvalue weighted by Crippen LogP contribution is -2.39. The van der Waals surface area contributed by atoms with Gasteiger partial charge in [0.2, 0.25) is 0 Å². The quantitative estimate of drug-likeness (QED) is 0.583. The van der Waals surface area contributed by atoms with Crippen molar-refractivity contribution in [2.75, 3.05) is 13.6 Å². The van der Waals surface area contributed by atoms with E-state index in [2.05, 4.69) is 10.3 Å². The summed E-state index contributed by atoms with van der Waals surface area (Å²) in [5, 5.41) is 2.82. The van der Waals surface area contributed by atoms with Gasteiger partial charge in [-0.25, -0.2) is 0 Å². The summed E-state index contributed by atoms with van der Waals surface area (Å²) in [5.74, 6) is -0.334. The molecule has 0 heterocycles. The molecule has 0 fully saturated rings. The summed E-state index contributed by atoms with van der Waals surface area (Å²) >= 11 is 0. The number of aliphatic imine (C=N–C) groups is 1. The zero-order chi connectivity index (χ0) is 22.1. The summed E-state index contributed by atoms with van der Waals surface area (Å²) in [6.07, 6.45) is -2.55. The zero-order valence-corrected chi connectivity index (χ0v) is 17.4. The van der Waals surface area contributed by atoms with Crippen LogP contribution in [-0.4, -0.2) is 31.8 Å². The van der Waals surface area contributed by atoms with Crippen molar-refractivity contribution in [3.63, 3.8) is 0 Å². The second-order valence-corrected chi connectivity index (χ2v) is 7.06. The lowest BCUT2D eigenvalue weighted by atomic mass is 10.1. The maximum absolute atomic E-state index is 13.4. The van der Waals surface area contributed by atoms with Crippen molar-refractivity contribution < 1.29 is 22.7 Å². The number of rotatable bonds is 9. The first-order valence-electron chi connectivity index (χ1n) is 9.88. The van der Waals surface area contributed by atoms with Gasteiger partial charge in [0.15, 0.2) is 6.10 Å². The van der Waals surface area contributed by atoms with Gasteiger partial charge in [-0.1, -0.05) is 43.2 Å². The third-order valence-electron chi connectivity index (χ3n) is 4.55. The SMILES string of the molecule is CCCC(Oc1ccc(C=NC)c(C(F)(F)F)c1)C(=O)NCCc1ccc(C)cc1. The molecular formula is C23H27F3N2O2. The summed E-state index contributed by atoms with van der Waals surface area (Å²) in [4.78, 5) is 16.2. The average molecular weight is 420 g/mol. The lowest BCUT2D eigenvalue weighted by molar-refractivity contribution is -0.137. The monoisotopic (exact) mass is 420 g/mol. The van der Waals surface area contributed by atoms with Crippen LogP contribution in [0.3, 0.4) is 0 Å². The number of alkyl halides is 3. The molecule has 2 aromatic rings. The normalized spacial score (nSPS) is 12.7. The minimum Gasteiger partial charge on any atom is -0.481 e. The van der Waals surface area contributed by atoms with Crippen LogP contribution >= 0.6 is 0 Å². The van der Waals surface area contributed by atoms with Gasteiger partial charge in [-0.3, -0.25) is 9.79 Å². The van der Waals surface area contributed by atoms with Gasteiger partial charge in [0, 0.05) is 25.4 Å². The molecule has 7 heteroatoms. The highest BCUT2D eigenvalue weighted by atomic mass is 19.4. The first kappa shape index (κ1) is 23.4. The first-order chi connectivity index (χ1) is 14.2. The van der Waals surface area contributed by atoms with Gasteiger partial charge >= 0.3 is 6.18 Å². The summed E-state index contributed by atoms with van der Waals surface area (Å²) in [6.45, 7) is 4.31. The Balaban J connectivity index is 2.06. The number of nitrogens with one attached hydrogen (secondary N) is 1. The number of aryl methyl sites for hydroxylation is 1. The Bertz CT molecular complexity index is 862. The molecule has 1 atom stereocenters. The van der Waals surface area contributed by atoms with E-state index in [1.807, 2.05) is 38.1 Å².